The third-order valence-corrected chi connectivity index (χ3v) is 2.71. The first kappa shape index (κ1) is 10.6. The van der Waals surface area contributed by atoms with Crippen molar-refractivity contribution < 1.29 is 0 Å². The molecule has 0 radical (unpaired) electrons. The van der Waals surface area contributed by atoms with Gasteiger partial charge in [0.15, 0.2) is 5.16 Å². The maximum atomic E-state index is 11.0. The van der Waals surface area contributed by atoms with Gasteiger partial charge in [0.1, 0.15) is 5.02 Å². The SMILES string of the molecule is CCCCSc1ncc(Cl)c(=O)[nH]1. The topological polar surface area (TPSA) is 45.8 Å². The molecule has 0 atom stereocenters. The summed E-state index contributed by atoms with van der Waals surface area (Å²) in [6, 6.07) is 0. The molecule has 0 bridgehead atoms. The monoisotopic (exact) mass is 218 g/mol. The summed E-state index contributed by atoms with van der Waals surface area (Å²) in [5.41, 5.74) is -0.268. The molecule has 1 rings (SSSR count). The van der Waals surface area contributed by atoms with E-state index in [2.05, 4.69) is 16.9 Å². The lowest BCUT2D eigenvalue weighted by atomic mass is 10.4. The zero-order valence-electron chi connectivity index (χ0n) is 7.34. The van der Waals surface area contributed by atoms with Gasteiger partial charge in [-0.2, -0.15) is 0 Å². The van der Waals surface area contributed by atoms with Crippen molar-refractivity contribution in [2.75, 3.05) is 5.75 Å². The minimum Gasteiger partial charge on any atom is -0.300 e. The molecule has 0 saturated carbocycles. The molecule has 0 amide bonds. The zero-order valence-corrected chi connectivity index (χ0v) is 8.91. The maximum absolute atomic E-state index is 11.0. The first-order valence-electron chi connectivity index (χ1n) is 4.11. The van der Waals surface area contributed by atoms with Crippen LogP contribution in [-0.2, 0) is 0 Å². The second-order valence-corrected chi connectivity index (χ2v) is 4.06. The Morgan fingerprint density at radius 1 is 1.69 bits per heavy atom. The van der Waals surface area contributed by atoms with E-state index in [-0.39, 0.29) is 10.6 Å². The van der Waals surface area contributed by atoms with E-state index in [0.717, 1.165) is 18.6 Å². The minimum atomic E-state index is -0.268. The molecule has 72 valence electrons. The van der Waals surface area contributed by atoms with Crippen LogP contribution in [0.4, 0.5) is 0 Å². The third-order valence-electron chi connectivity index (χ3n) is 1.47. The fourth-order valence-electron chi connectivity index (χ4n) is 0.750. The summed E-state index contributed by atoms with van der Waals surface area (Å²) in [7, 11) is 0. The number of aromatic amines is 1. The van der Waals surface area contributed by atoms with Crippen molar-refractivity contribution >= 4 is 23.4 Å². The molecule has 1 aromatic rings. The van der Waals surface area contributed by atoms with Gasteiger partial charge in [-0.1, -0.05) is 36.7 Å². The summed E-state index contributed by atoms with van der Waals surface area (Å²) in [6.45, 7) is 2.12. The lowest BCUT2D eigenvalue weighted by Gasteiger charge is -1.98. The van der Waals surface area contributed by atoms with Gasteiger partial charge in [-0.05, 0) is 6.42 Å². The molecule has 0 aliphatic heterocycles. The van der Waals surface area contributed by atoms with Gasteiger partial charge < -0.3 is 4.98 Å². The summed E-state index contributed by atoms with van der Waals surface area (Å²) in [5.74, 6) is 0.973. The first-order valence-corrected chi connectivity index (χ1v) is 5.48. The van der Waals surface area contributed by atoms with E-state index in [1.807, 2.05) is 0 Å². The second-order valence-electron chi connectivity index (χ2n) is 2.57. The van der Waals surface area contributed by atoms with Gasteiger partial charge in [0.05, 0.1) is 6.20 Å². The number of thioether (sulfide) groups is 1. The molecule has 0 saturated heterocycles. The Hall–Kier alpha value is -0.480. The van der Waals surface area contributed by atoms with E-state index in [0.29, 0.717) is 5.16 Å². The van der Waals surface area contributed by atoms with Crippen molar-refractivity contribution in [3.8, 4) is 0 Å². The zero-order chi connectivity index (χ0) is 9.68. The number of rotatable bonds is 4. The normalized spacial score (nSPS) is 10.3. The van der Waals surface area contributed by atoms with Crippen LogP contribution in [0.15, 0.2) is 16.1 Å². The lowest BCUT2D eigenvalue weighted by Crippen LogP contribution is -2.08. The Morgan fingerprint density at radius 3 is 3.08 bits per heavy atom. The van der Waals surface area contributed by atoms with E-state index in [9.17, 15) is 4.79 Å². The minimum absolute atomic E-state index is 0.139. The summed E-state index contributed by atoms with van der Waals surface area (Å²) in [4.78, 5) is 17.6. The Labute approximate surface area is 85.9 Å². The Balaban J connectivity index is 2.58. The number of unbranched alkanes of at least 4 members (excludes halogenated alkanes) is 1. The molecular formula is C8H11ClN2OS. The Morgan fingerprint density at radius 2 is 2.46 bits per heavy atom. The highest BCUT2D eigenvalue weighted by Crippen LogP contribution is 2.13. The van der Waals surface area contributed by atoms with Gasteiger partial charge >= 0.3 is 0 Å². The fraction of sp³-hybridized carbons (Fsp3) is 0.500. The number of nitrogens with one attached hydrogen (secondary N) is 1. The highest BCUT2D eigenvalue weighted by Gasteiger charge is 1.99. The van der Waals surface area contributed by atoms with Crippen LogP contribution >= 0.6 is 23.4 Å². The third kappa shape index (κ3) is 3.40. The van der Waals surface area contributed by atoms with Crippen molar-refractivity contribution in [2.24, 2.45) is 0 Å². The highest BCUT2D eigenvalue weighted by atomic mass is 35.5. The molecule has 3 nitrogen and oxygen atoms in total. The molecule has 1 aromatic heterocycles. The molecule has 0 spiro atoms. The maximum Gasteiger partial charge on any atom is 0.270 e. The number of hydrogen-bond donors (Lipinski definition) is 1. The summed E-state index contributed by atoms with van der Waals surface area (Å²) < 4.78 is 0. The van der Waals surface area contributed by atoms with Crippen LogP contribution in [0, 0.1) is 0 Å². The number of hydrogen-bond acceptors (Lipinski definition) is 3. The molecule has 0 unspecified atom stereocenters. The predicted octanol–water partition coefficient (Wildman–Crippen LogP) is 2.32. The van der Waals surface area contributed by atoms with E-state index < -0.39 is 0 Å². The molecule has 5 heteroatoms. The quantitative estimate of drug-likeness (QED) is 0.479. The summed E-state index contributed by atoms with van der Waals surface area (Å²) >= 11 is 7.07. The Kier molecular flexibility index (Phi) is 4.32. The average molecular weight is 219 g/mol. The number of aromatic nitrogens is 2. The van der Waals surface area contributed by atoms with Crippen LogP contribution in [0.2, 0.25) is 5.02 Å². The molecular weight excluding hydrogens is 208 g/mol. The van der Waals surface area contributed by atoms with Crippen LogP contribution in [0.5, 0.6) is 0 Å². The van der Waals surface area contributed by atoms with Gasteiger partial charge in [0, 0.05) is 5.75 Å². The van der Waals surface area contributed by atoms with E-state index in [1.165, 1.54) is 6.20 Å². The fourth-order valence-corrected chi connectivity index (χ4v) is 1.76. The average Bonchev–Trinajstić information content (AvgIpc) is 2.12. The van der Waals surface area contributed by atoms with Crippen LogP contribution in [0.1, 0.15) is 19.8 Å². The van der Waals surface area contributed by atoms with Gasteiger partial charge in [0.2, 0.25) is 0 Å². The van der Waals surface area contributed by atoms with Crippen molar-refractivity contribution in [3.63, 3.8) is 0 Å². The van der Waals surface area contributed by atoms with Crippen LogP contribution in [0.25, 0.3) is 0 Å². The summed E-state index contributed by atoms with van der Waals surface area (Å²) in [6.07, 6.45) is 3.65. The molecule has 0 aliphatic carbocycles. The first-order chi connectivity index (χ1) is 6.24. The molecule has 1 N–H and O–H groups in total. The van der Waals surface area contributed by atoms with Gasteiger partial charge in [-0.3, -0.25) is 4.79 Å². The smallest absolute Gasteiger partial charge is 0.270 e. The Bertz CT molecular complexity index is 326. The largest absolute Gasteiger partial charge is 0.300 e. The molecule has 0 fully saturated rings. The van der Waals surface area contributed by atoms with Crippen molar-refractivity contribution in [1.82, 2.24) is 9.97 Å². The summed E-state index contributed by atoms with van der Waals surface area (Å²) in [5, 5.41) is 0.780. The number of nitrogens with zero attached hydrogens (tertiary/aromatic N) is 1. The van der Waals surface area contributed by atoms with Crippen LogP contribution in [0.3, 0.4) is 0 Å². The number of H-pyrrole nitrogens is 1. The number of halogens is 1. The van der Waals surface area contributed by atoms with E-state index in [4.69, 9.17) is 11.6 Å². The van der Waals surface area contributed by atoms with Crippen molar-refractivity contribution in [3.05, 3.63) is 21.6 Å². The molecule has 1 heterocycles. The van der Waals surface area contributed by atoms with Gasteiger partial charge in [-0.15, -0.1) is 0 Å². The van der Waals surface area contributed by atoms with E-state index in [1.54, 1.807) is 11.8 Å². The molecule has 13 heavy (non-hydrogen) atoms. The van der Waals surface area contributed by atoms with Gasteiger partial charge in [0.25, 0.3) is 5.56 Å². The van der Waals surface area contributed by atoms with Crippen molar-refractivity contribution in [2.45, 2.75) is 24.9 Å². The van der Waals surface area contributed by atoms with Gasteiger partial charge in [-0.25, -0.2) is 4.98 Å². The van der Waals surface area contributed by atoms with E-state index >= 15 is 0 Å². The van der Waals surface area contributed by atoms with Crippen LogP contribution in [-0.4, -0.2) is 15.7 Å². The second kappa shape index (κ2) is 5.29. The molecule has 0 aliphatic rings. The standard InChI is InChI=1S/C8H11ClN2OS/c1-2-3-4-13-8-10-5-6(9)7(12)11-8/h5H,2-4H2,1H3,(H,10,11,12). The molecule has 0 aromatic carbocycles. The van der Waals surface area contributed by atoms with Crippen LogP contribution < -0.4 is 5.56 Å². The lowest BCUT2D eigenvalue weighted by molar-refractivity contribution is 0.884. The van der Waals surface area contributed by atoms with Crippen molar-refractivity contribution in [1.29, 1.82) is 0 Å². The highest BCUT2D eigenvalue weighted by molar-refractivity contribution is 7.99. The predicted molar refractivity (Wildman–Crippen MR) is 55.5 cm³/mol.